The van der Waals surface area contributed by atoms with Crippen molar-refractivity contribution in [3.8, 4) is 23.0 Å². The third kappa shape index (κ3) is 5.92. The number of amides is 1. The Balaban J connectivity index is 1.47. The topological polar surface area (TPSA) is 116 Å². The first-order valence-electron chi connectivity index (χ1n) is 12.4. The van der Waals surface area contributed by atoms with Gasteiger partial charge in [-0.1, -0.05) is 0 Å². The van der Waals surface area contributed by atoms with Crippen LogP contribution < -0.4 is 28.6 Å². The van der Waals surface area contributed by atoms with Gasteiger partial charge in [0.15, 0.2) is 11.5 Å². The molecule has 38 heavy (non-hydrogen) atoms. The molecule has 1 amide bonds. The van der Waals surface area contributed by atoms with E-state index >= 15 is 0 Å². The zero-order chi connectivity index (χ0) is 27.3. The molecule has 0 aliphatic carbocycles. The lowest BCUT2D eigenvalue weighted by Crippen LogP contribution is -2.49. The Labute approximate surface area is 223 Å². The summed E-state index contributed by atoms with van der Waals surface area (Å²) in [6.45, 7) is 2.77. The smallest absolute Gasteiger partial charge is 0.254 e. The minimum absolute atomic E-state index is 0.0984. The number of sulfonamides is 1. The Kier molecular flexibility index (Phi) is 8.85. The summed E-state index contributed by atoms with van der Waals surface area (Å²) in [4.78, 5) is 17.2. The lowest BCUT2D eigenvalue weighted by molar-refractivity contribution is 0.0745. The largest absolute Gasteiger partial charge is 0.495 e. The quantitative estimate of drug-likeness (QED) is 0.476. The van der Waals surface area contributed by atoms with Crippen LogP contribution in [0.15, 0.2) is 35.2 Å². The third-order valence-corrected chi connectivity index (χ3v) is 8.23. The van der Waals surface area contributed by atoms with Gasteiger partial charge in [0, 0.05) is 44.9 Å². The maximum absolute atomic E-state index is 13.3. The molecular formula is C26H35N3O8S. The molecule has 4 rings (SSSR count). The number of carbonyl (C=O) groups is 1. The first kappa shape index (κ1) is 27.8. The molecule has 0 unspecified atom stereocenters. The molecule has 208 valence electrons. The summed E-state index contributed by atoms with van der Waals surface area (Å²) in [6, 6.07) is 8.08. The van der Waals surface area contributed by atoms with Crippen molar-refractivity contribution in [2.75, 3.05) is 72.7 Å². The van der Waals surface area contributed by atoms with Crippen LogP contribution in [0.4, 0.5) is 5.69 Å². The van der Waals surface area contributed by atoms with Crippen molar-refractivity contribution in [2.45, 2.75) is 23.8 Å². The van der Waals surface area contributed by atoms with Crippen molar-refractivity contribution in [3.63, 3.8) is 0 Å². The molecule has 0 bridgehead atoms. The molecule has 2 aliphatic heterocycles. The number of benzene rings is 2. The fraction of sp³-hybridized carbons (Fsp3) is 0.500. The predicted octanol–water partition coefficient (Wildman–Crippen LogP) is 2.14. The van der Waals surface area contributed by atoms with E-state index in [1.165, 1.54) is 27.4 Å². The molecule has 1 N–H and O–H groups in total. The number of piperazine rings is 1. The van der Waals surface area contributed by atoms with Crippen molar-refractivity contribution >= 4 is 21.6 Å². The number of anilines is 1. The first-order valence-corrected chi connectivity index (χ1v) is 13.9. The van der Waals surface area contributed by atoms with Gasteiger partial charge in [-0.3, -0.25) is 4.79 Å². The molecule has 11 nitrogen and oxygen atoms in total. The van der Waals surface area contributed by atoms with E-state index in [0.29, 0.717) is 67.0 Å². The van der Waals surface area contributed by atoms with Crippen molar-refractivity contribution < 1.29 is 36.9 Å². The van der Waals surface area contributed by atoms with Crippen LogP contribution in [0.3, 0.4) is 0 Å². The zero-order valence-corrected chi connectivity index (χ0v) is 23.0. The summed E-state index contributed by atoms with van der Waals surface area (Å²) < 4.78 is 55.8. The SMILES string of the molecule is COc1ccc(S(=O)(=O)NC[C@H]2CCCO2)cc1N1CCN(C(=O)c2cc(OC)c(OC)c(OC)c2)CC1. The molecule has 0 radical (unpaired) electrons. The van der Waals surface area contributed by atoms with Crippen molar-refractivity contribution in [1.82, 2.24) is 9.62 Å². The van der Waals surface area contributed by atoms with Gasteiger partial charge < -0.3 is 33.5 Å². The minimum Gasteiger partial charge on any atom is -0.495 e. The predicted molar refractivity (Wildman–Crippen MR) is 141 cm³/mol. The second-order valence-corrected chi connectivity index (χ2v) is 10.8. The van der Waals surface area contributed by atoms with Gasteiger partial charge in [0.25, 0.3) is 5.91 Å². The van der Waals surface area contributed by atoms with Crippen LogP contribution in [0.25, 0.3) is 0 Å². The van der Waals surface area contributed by atoms with E-state index in [0.717, 1.165) is 12.8 Å². The van der Waals surface area contributed by atoms with Crippen molar-refractivity contribution in [3.05, 3.63) is 35.9 Å². The summed E-state index contributed by atoms with van der Waals surface area (Å²) >= 11 is 0. The van der Waals surface area contributed by atoms with Gasteiger partial charge in [0.05, 0.1) is 45.1 Å². The van der Waals surface area contributed by atoms with Gasteiger partial charge in [-0.2, -0.15) is 0 Å². The summed E-state index contributed by atoms with van der Waals surface area (Å²) in [6.07, 6.45) is 1.68. The van der Waals surface area contributed by atoms with Gasteiger partial charge in [0.1, 0.15) is 5.75 Å². The lowest BCUT2D eigenvalue weighted by atomic mass is 10.1. The molecule has 1 atom stereocenters. The monoisotopic (exact) mass is 549 g/mol. The molecule has 12 heteroatoms. The Morgan fingerprint density at radius 3 is 2.16 bits per heavy atom. The maximum atomic E-state index is 13.3. The van der Waals surface area contributed by atoms with Gasteiger partial charge >= 0.3 is 0 Å². The summed E-state index contributed by atoms with van der Waals surface area (Å²) in [5.74, 6) is 1.64. The zero-order valence-electron chi connectivity index (χ0n) is 22.2. The molecule has 0 aromatic heterocycles. The third-order valence-electron chi connectivity index (χ3n) is 6.80. The normalized spacial score (nSPS) is 17.8. The summed E-state index contributed by atoms with van der Waals surface area (Å²) in [7, 11) is 2.34. The van der Waals surface area contributed by atoms with E-state index in [-0.39, 0.29) is 23.5 Å². The number of hydrogen-bond acceptors (Lipinski definition) is 9. The number of carbonyl (C=O) groups excluding carboxylic acids is 1. The average molecular weight is 550 g/mol. The highest BCUT2D eigenvalue weighted by Gasteiger charge is 2.27. The molecule has 2 fully saturated rings. The molecular weight excluding hydrogens is 514 g/mol. The van der Waals surface area contributed by atoms with Gasteiger partial charge in [-0.15, -0.1) is 0 Å². The fourth-order valence-corrected chi connectivity index (χ4v) is 5.80. The summed E-state index contributed by atoms with van der Waals surface area (Å²) in [5.41, 5.74) is 1.09. The molecule has 2 aromatic carbocycles. The van der Waals surface area contributed by atoms with Gasteiger partial charge in [-0.25, -0.2) is 13.1 Å². The van der Waals surface area contributed by atoms with Gasteiger partial charge in [-0.05, 0) is 43.2 Å². The Morgan fingerprint density at radius 2 is 1.61 bits per heavy atom. The highest BCUT2D eigenvalue weighted by molar-refractivity contribution is 7.89. The molecule has 2 heterocycles. The molecule has 0 saturated carbocycles. The number of rotatable bonds is 10. The van der Waals surface area contributed by atoms with Gasteiger partial charge in [0.2, 0.25) is 15.8 Å². The minimum atomic E-state index is -3.72. The van der Waals surface area contributed by atoms with Crippen LogP contribution in [-0.4, -0.2) is 93.1 Å². The van der Waals surface area contributed by atoms with Crippen LogP contribution in [0.2, 0.25) is 0 Å². The van der Waals surface area contributed by atoms with Crippen LogP contribution in [0.5, 0.6) is 23.0 Å². The Bertz CT molecular complexity index is 1210. The molecule has 2 aromatic rings. The number of hydrogen-bond donors (Lipinski definition) is 1. The molecule has 2 aliphatic rings. The Morgan fingerprint density at radius 1 is 0.947 bits per heavy atom. The second kappa shape index (κ2) is 12.1. The van der Waals surface area contributed by atoms with Crippen molar-refractivity contribution in [1.29, 1.82) is 0 Å². The van der Waals surface area contributed by atoms with Crippen LogP contribution in [0.1, 0.15) is 23.2 Å². The van der Waals surface area contributed by atoms with Crippen molar-refractivity contribution in [2.24, 2.45) is 0 Å². The van der Waals surface area contributed by atoms with E-state index in [1.807, 2.05) is 4.90 Å². The van der Waals surface area contributed by atoms with E-state index in [1.54, 1.807) is 36.3 Å². The fourth-order valence-electron chi connectivity index (χ4n) is 4.71. The van der Waals surface area contributed by atoms with Crippen LogP contribution in [-0.2, 0) is 14.8 Å². The van der Waals surface area contributed by atoms with Crippen LogP contribution >= 0.6 is 0 Å². The number of nitrogens with zero attached hydrogens (tertiary/aromatic N) is 2. The van der Waals surface area contributed by atoms with E-state index < -0.39 is 10.0 Å². The lowest BCUT2D eigenvalue weighted by Gasteiger charge is -2.37. The van der Waals surface area contributed by atoms with E-state index in [2.05, 4.69) is 4.72 Å². The Hall–Kier alpha value is -3.22. The molecule has 0 spiro atoms. The standard InChI is InChI=1S/C26H35N3O8S/c1-33-22-8-7-20(38(31,32)27-17-19-6-5-13-37-19)16-21(22)28-9-11-29(12-10-28)26(30)18-14-23(34-2)25(36-4)24(15-18)35-3/h7-8,14-16,19,27H,5-6,9-13,17H2,1-4H3/t19-/m1/s1. The first-order chi connectivity index (χ1) is 18.3. The average Bonchev–Trinajstić information content (AvgIpc) is 3.48. The molecule has 2 saturated heterocycles. The highest BCUT2D eigenvalue weighted by atomic mass is 32.2. The van der Waals surface area contributed by atoms with E-state index in [4.69, 9.17) is 23.7 Å². The number of methoxy groups -OCH3 is 4. The second-order valence-electron chi connectivity index (χ2n) is 9.01. The summed E-state index contributed by atoms with van der Waals surface area (Å²) in [5, 5.41) is 0. The number of nitrogens with one attached hydrogen (secondary N) is 1. The van der Waals surface area contributed by atoms with Crippen LogP contribution in [0, 0.1) is 0 Å². The van der Waals surface area contributed by atoms with E-state index in [9.17, 15) is 13.2 Å². The maximum Gasteiger partial charge on any atom is 0.254 e. The number of ether oxygens (including phenoxy) is 5. The highest BCUT2D eigenvalue weighted by Crippen LogP contribution is 2.39.